The number of aliphatic carboxylic acids is 3. The van der Waals surface area contributed by atoms with Crippen LogP contribution in [0.15, 0.2) is 0 Å². The molecule has 4 atom stereocenters. The van der Waals surface area contributed by atoms with Crippen LogP contribution in [0.1, 0.15) is 32.1 Å². The molecule has 0 aliphatic carbocycles. The molecule has 0 aliphatic rings. The van der Waals surface area contributed by atoms with Crippen LogP contribution in [-0.2, 0) is 33.6 Å². The topological polar surface area (TPSA) is 268 Å². The Morgan fingerprint density at radius 2 is 1.15 bits per heavy atom. The number of rotatable bonds is 16. The van der Waals surface area contributed by atoms with Gasteiger partial charge in [0.05, 0.1) is 12.5 Å². The number of nitrogens with two attached hydrogens (primary N) is 2. The van der Waals surface area contributed by atoms with Crippen LogP contribution in [0.3, 0.4) is 0 Å². The van der Waals surface area contributed by atoms with Crippen molar-refractivity contribution in [1.29, 1.82) is 0 Å². The van der Waals surface area contributed by atoms with Crippen LogP contribution >= 0.6 is 12.6 Å². The molecule has 4 unspecified atom stereocenters. The normalized spacial score (nSPS) is 14.1. The molecule has 186 valence electrons. The molecule has 0 heterocycles. The zero-order valence-corrected chi connectivity index (χ0v) is 18.2. The van der Waals surface area contributed by atoms with Crippen molar-refractivity contribution in [2.45, 2.75) is 56.3 Å². The Morgan fingerprint density at radius 1 is 0.727 bits per heavy atom. The van der Waals surface area contributed by atoms with Crippen molar-refractivity contribution < 1.29 is 48.9 Å². The number of amides is 4. The van der Waals surface area contributed by atoms with Gasteiger partial charge in [-0.1, -0.05) is 0 Å². The fourth-order valence-electron chi connectivity index (χ4n) is 2.38. The number of carboxylic acid groups (broad SMARTS) is 3. The standard InChI is InChI=1S/C17H27N5O10S/c18-7(6-33)14(28)22-10(5-11(19)23)16(30)20-8(1-3-12(24)25)15(29)21-9(17(31)32)2-4-13(26)27/h7-10,33H,1-6,18H2,(H2,19,23)(H,20,30)(H,21,29)(H,22,28)(H,24,25)(H,26,27)(H,31,32). The summed E-state index contributed by atoms with van der Waals surface area (Å²) in [6.07, 6.45) is -2.83. The largest absolute Gasteiger partial charge is 0.481 e. The molecule has 0 rings (SSSR count). The van der Waals surface area contributed by atoms with E-state index in [4.69, 9.17) is 21.7 Å². The number of carbonyl (C=O) groups is 7. The monoisotopic (exact) mass is 493 g/mol. The first-order valence-corrected chi connectivity index (χ1v) is 10.1. The summed E-state index contributed by atoms with van der Waals surface area (Å²) in [5, 5.41) is 33.1. The van der Waals surface area contributed by atoms with E-state index in [1.54, 1.807) is 0 Å². The van der Waals surface area contributed by atoms with E-state index < -0.39 is 97.8 Å². The van der Waals surface area contributed by atoms with Gasteiger partial charge in [0.2, 0.25) is 23.6 Å². The van der Waals surface area contributed by atoms with Crippen LogP contribution in [-0.4, -0.2) is 86.8 Å². The second-order valence-corrected chi connectivity index (χ2v) is 7.21. The van der Waals surface area contributed by atoms with Gasteiger partial charge in [-0.25, -0.2) is 4.79 Å². The van der Waals surface area contributed by atoms with E-state index in [9.17, 15) is 38.7 Å². The molecule has 33 heavy (non-hydrogen) atoms. The molecule has 0 spiro atoms. The molecule has 0 saturated heterocycles. The number of carbonyl (C=O) groups excluding carboxylic acids is 4. The molecule has 0 saturated carbocycles. The third kappa shape index (κ3) is 12.3. The average Bonchev–Trinajstić information content (AvgIpc) is 2.71. The molecule has 16 heteroatoms. The van der Waals surface area contributed by atoms with Crippen molar-refractivity contribution in [3.63, 3.8) is 0 Å². The molecule has 0 aromatic rings. The lowest BCUT2D eigenvalue weighted by atomic mass is 10.1. The Morgan fingerprint density at radius 3 is 1.58 bits per heavy atom. The summed E-state index contributed by atoms with van der Waals surface area (Å²) in [6, 6.07) is -5.92. The van der Waals surface area contributed by atoms with Gasteiger partial charge in [0.15, 0.2) is 0 Å². The number of thiol groups is 1. The first-order chi connectivity index (χ1) is 15.3. The Balaban J connectivity index is 5.56. The summed E-state index contributed by atoms with van der Waals surface area (Å²) >= 11 is 3.83. The van der Waals surface area contributed by atoms with Crippen LogP contribution in [0.2, 0.25) is 0 Å². The summed E-state index contributed by atoms with van der Waals surface area (Å²) in [5.74, 6) is -8.31. The van der Waals surface area contributed by atoms with Crippen LogP contribution in [0.4, 0.5) is 0 Å². The molecule has 0 fully saturated rings. The summed E-state index contributed by atoms with van der Waals surface area (Å²) in [7, 11) is 0. The van der Waals surface area contributed by atoms with Crippen molar-refractivity contribution in [3.8, 4) is 0 Å². The maximum absolute atomic E-state index is 12.6. The van der Waals surface area contributed by atoms with Gasteiger partial charge >= 0.3 is 17.9 Å². The van der Waals surface area contributed by atoms with E-state index in [1.165, 1.54) is 0 Å². The number of nitrogens with one attached hydrogen (secondary N) is 3. The zero-order chi connectivity index (χ0) is 25.7. The van der Waals surface area contributed by atoms with Gasteiger partial charge in [0, 0.05) is 18.6 Å². The minimum atomic E-state index is -1.63. The second kappa shape index (κ2) is 14.6. The molecule has 0 aromatic heterocycles. The minimum Gasteiger partial charge on any atom is -0.481 e. The predicted molar refractivity (Wildman–Crippen MR) is 113 cm³/mol. The summed E-state index contributed by atoms with van der Waals surface area (Å²) in [4.78, 5) is 81.3. The van der Waals surface area contributed by atoms with Crippen molar-refractivity contribution in [2.75, 3.05) is 5.75 Å². The van der Waals surface area contributed by atoms with Gasteiger partial charge in [0.25, 0.3) is 0 Å². The van der Waals surface area contributed by atoms with Crippen molar-refractivity contribution in [3.05, 3.63) is 0 Å². The Labute approximate surface area is 193 Å². The fourth-order valence-corrected chi connectivity index (χ4v) is 2.54. The van der Waals surface area contributed by atoms with Gasteiger partial charge in [-0.15, -0.1) is 0 Å². The van der Waals surface area contributed by atoms with Crippen LogP contribution in [0.5, 0.6) is 0 Å². The van der Waals surface area contributed by atoms with Gasteiger partial charge in [0.1, 0.15) is 18.1 Å². The highest BCUT2D eigenvalue weighted by molar-refractivity contribution is 7.80. The van der Waals surface area contributed by atoms with Gasteiger partial charge in [-0.05, 0) is 12.8 Å². The van der Waals surface area contributed by atoms with E-state index in [-0.39, 0.29) is 5.75 Å². The highest BCUT2D eigenvalue weighted by Crippen LogP contribution is 2.05. The Hall–Kier alpha value is -3.40. The molecule has 10 N–H and O–H groups in total. The molecular weight excluding hydrogens is 466 g/mol. The Kier molecular flexibility index (Phi) is 13.1. The quantitative estimate of drug-likeness (QED) is 0.0947. The molecular formula is C17H27N5O10S. The fraction of sp³-hybridized carbons (Fsp3) is 0.588. The lowest BCUT2D eigenvalue weighted by molar-refractivity contribution is -0.144. The van der Waals surface area contributed by atoms with Crippen LogP contribution < -0.4 is 27.4 Å². The van der Waals surface area contributed by atoms with Crippen LogP contribution in [0.25, 0.3) is 0 Å². The summed E-state index contributed by atoms with van der Waals surface area (Å²) in [5.41, 5.74) is 10.6. The average molecular weight is 493 g/mol. The van der Waals surface area contributed by atoms with E-state index >= 15 is 0 Å². The number of carboxylic acids is 3. The molecule has 0 aromatic carbocycles. The Bertz CT molecular complexity index is 777. The SMILES string of the molecule is NC(=O)CC(NC(=O)C(N)CS)C(=O)NC(CCC(=O)O)C(=O)NC(CCC(=O)O)C(=O)O. The lowest BCUT2D eigenvalue weighted by Crippen LogP contribution is -2.58. The van der Waals surface area contributed by atoms with Crippen molar-refractivity contribution >= 4 is 54.2 Å². The number of hydrogen-bond donors (Lipinski definition) is 9. The molecule has 15 nitrogen and oxygen atoms in total. The predicted octanol–water partition coefficient (Wildman–Crippen LogP) is -3.61. The van der Waals surface area contributed by atoms with E-state index in [0.29, 0.717) is 0 Å². The lowest BCUT2D eigenvalue weighted by Gasteiger charge is -2.24. The molecule has 0 aliphatic heterocycles. The third-order valence-corrected chi connectivity index (χ3v) is 4.51. The van der Waals surface area contributed by atoms with Crippen molar-refractivity contribution in [2.24, 2.45) is 11.5 Å². The minimum absolute atomic E-state index is 0.0900. The van der Waals surface area contributed by atoms with E-state index in [1.807, 2.05) is 5.32 Å². The highest BCUT2D eigenvalue weighted by Gasteiger charge is 2.31. The van der Waals surface area contributed by atoms with Gasteiger partial charge < -0.3 is 42.7 Å². The molecule has 4 amide bonds. The van der Waals surface area contributed by atoms with E-state index in [2.05, 4.69) is 23.3 Å². The number of primary amides is 1. The van der Waals surface area contributed by atoms with Gasteiger partial charge in [-0.3, -0.25) is 28.8 Å². The van der Waals surface area contributed by atoms with E-state index in [0.717, 1.165) is 0 Å². The smallest absolute Gasteiger partial charge is 0.326 e. The van der Waals surface area contributed by atoms with Crippen LogP contribution in [0, 0.1) is 0 Å². The van der Waals surface area contributed by atoms with Crippen molar-refractivity contribution in [1.82, 2.24) is 16.0 Å². The van der Waals surface area contributed by atoms with Gasteiger partial charge in [-0.2, -0.15) is 12.6 Å². The summed E-state index contributed by atoms with van der Waals surface area (Å²) < 4.78 is 0. The first-order valence-electron chi connectivity index (χ1n) is 9.50. The third-order valence-electron chi connectivity index (χ3n) is 4.11. The maximum atomic E-state index is 12.6. The molecule has 0 radical (unpaired) electrons. The zero-order valence-electron chi connectivity index (χ0n) is 17.4. The maximum Gasteiger partial charge on any atom is 0.326 e. The second-order valence-electron chi connectivity index (χ2n) is 6.85. The number of hydrogen-bond acceptors (Lipinski definition) is 9. The molecule has 0 bridgehead atoms. The summed E-state index contributed by atoms with van der Waals surface area (Å²) in [6.45, 7) is 0. The first kappa shape index (κ1) is 29.6. The highest BCUT2D eigenvalue weighted by atomic mass is 32.1.